The Bertz CT molecular complexity index is 236. The van der Waals surface area contributed by atoms with Crippen molar-refractivity contribution in [3.63, 3.8) is 0 Å². The lowest BCUT2D eigenvalue weighted by molar-refractivity contribution is -0.122. The minimum atomic E-state index is 0.109. The summed E-state index contributed by atoms with van der Waals surface area (Å²) in [6, 6.07) is 0. The van der Waals surface area contributed by atoms with Gasteiger partial charge in [0.15, 0.2) is 0 Å². The van der Waals surface area contributed by atoms with Crippen LogP contribution in [0.25, 0.3) is 0 Å². The lowest BCUT2D eigenvalue weighted by Crippen LogP contribution is -2.22. The van der Waals surface area contributed by atoms with Gasteiger partial charge in [0.1, 0.15) is 5.78 Å². The van der Waals surface area contributed by atoms with Gasteiger partial charge in [-0.3, -0.25) is 4.79 Å². The first kappa shape index (κ1) is 21.6. The molecule has 0 aliphatic rings. The second kappa shape index (κ2) is 17.0. The van der Waals surface area contributed by atoms with Crippen molar-refractivity contribution >= 4 is 5.78 Å². The van der Waals surface area contributed by atoms with Crippen molar-refractivity contribution in [3.8, 4) is 0 Å². The van der Waals surface area contributed by atoms with Gasteiger partial charge in [0.25, 0.3) is 0 Å². The summed E-state index contributed by atoms with van der Waals surface area (Å²) in [5.74, 6) is 0.491. The molecule has 2 nitrogen and oxygen atoms in total. The standard InChI is InChI=1S/C20H41NO/c1-3-5-6-7-8-9-10-11-12-13-14-15-16-17-20(22)19(4-2)18-21/h19H,3-18,21H2,1-2H3. The third-order valence-electron chi connectivity index (χ3n) is 4.76. The zero-order chi connectivity index (χ0) is 16.5. The van der Waals surface area contributed by atoms with E-state index >= 15 is 0 Å². The molecule has 0 bridgehead atoms. The van der Waals surface area contributed by atoms with Crippen molar-refractivity contribution in [1.82, 2.24) is 0 Å². The largest absolute Gasteiger partial charge is 0.330 e. The van der Waals surface area contributed by atoms with Gasteiger partial charge in [-0.25, -0.2) is 0 Å². The molecule has 22 heavy (non-hydrogen) atoms. The number of unbranched alkanes of at least 4 members (excludes halogenated alkanes) is 12. The number of ketones is 1. The molecule has 0 fully saturated rings. The van der Waals surface area contributed by atoms with E-state index in [0.29, 0.717) is 12.3 Å². The average molecular weight is 312 g/mol. The van der Waals surface area contributed by atoms with Crippen molar-refractivity contribution in [2.45, 2.75) is 110 Å². The molecule has 0 amide bonds. The number of Topliss-reactive ketones (excluding diaryl/α,β-unsaturated/α-hetero) is 1. The maximum absolute atomic E-state index is 11.8. The van der Waals surface area contributed by atoms with Crippen LogP contribution in [-0.4, -0.2) is 12.3 Å². The van der Waals surface area contributed by atoms with E-state index in [1.165, 1.54) is 77.0 Å². The van der Waals surface area contributed by atoms with Crippen LogP contribution in [0.1, 0.15) is 110 Å². The Labute approximate surface area is 139 Å². The molecule has 0 saturated heterocycles. The Morgan fingerprint density at radius 2 is 1.14 bits per heavy atom. The molecule has 1 atom stereocenters. The van der Waals surface area contributed by atoms with Crippen molar-refractivity contribution in [2.75, 3.05) is 6.54 Å². The molecule has 2 N–H and O–H groups in total. The lowest BCUT2D eigenvalue weighted by Gasteiger charge is -2.10. The molecule has 0 rings (SSSR count). The summed E-state index contributed by atoms with van der Waals surface area (Å²) in [6.45, 7) is 4.85. The van der Waals surface area contributed by atoms with E-state index in [2.05, 4.69) is 13.8 Å². The Morgan fingerprint density at radius 1 is 0.727 bits per heavy atom. The van der Waals surface area contributed by atoms with Crippen LogP contribution in [0.3, 0.4) is 0 Å². The topological polar surface area (TPSA) is 43.1 Å². The van der Waals surface area contributed by atoms with Gasteiger partial charge in [-0.2, -0.15) is 0 Å². The van der Waals surface area contributed by atoms with E-state index in [0.717, 1.165) is 19.3 Å². The van der Waals surface area contributed by atoms with Gasteiger partial charge < -0.3 is 5.73 Å². The molecular weight excluding hydrogens is 270 g/mol. The predicted molar refractivity (Wildman–Crippen MR) is 98.2 cm³/mol. The van der Waals surface area contributed by atoms with Gasteiger partial charge in [-0.1, -0.05) is 90.9 Å². The normalized spacial score (nSPS) is 12.5. The quantitative estimate of drug-likeness (QED) is 0.334. The molecule has 2 heteroatoms. The van der Waals surface area contributed by atoms with Gasteiger partial charge in [0.05, 0.1) is 0 Å². The highest BCUT2D eigenvalue weighted by Crippen LogP contribution is 2.14. The fourth-order valence-electron chi connectivity index (χ4n) is 3.05. The fourth-order valence-corrected chi connectivity index (χ4v) is 3.05. The van der Waals surface area contributed by atoms with E-state index in [1.807, 2.05) is 0 Å². The summed E-state index contributed by atoms with van der Waals surface area (Å²) < 4.78 is 0. The first-order valence-electron chi connectivity index (χ1n) is 9.99. The highest BCUT2D eigenvalue weighted by atomic mass is 16.1. The van der Waals surface area contributed by atoms with Crippen molar-refractivity contribution in [3.05, 3.63) is 0 Å². The van der Waals surface area contributed by atoms with Gasteiger partial charge in [-0.15, -0.1) is 0 Å². The van der Waals surface area contributed by atoms with Crippen LogP contribution in [0.5, 0.6) is 0 Å². The van der Waals surface area contributed by atoms with Crippen LogP contribution >= 0.6 is 0 Å². The Balaban J connectivity index is 3.19. The Morgan fingerprint density at radius 3 is 1.50 bits per heavy atom. The monoisotopic (exact) mass is 311 g/mol. The molecule has 0 heterocycles. The molecule has 0 radical (unpaired) electrons. The second-order valence-electron chi connectivity index (χ2n) is 6.80. The highest BCUT2D eigenvalue weighted by molar-refractivity contribution is 5.81. The third-order valence-corrected chi connectivity index (χ3v) is 4.76. The molecule has 0 saturated carbocycles. The van der Waals surface area contributed by atoms with Crippen molar-refractivity contribution in [2.24, 2.45) is 11.7 Å². The van der Waals surface area contributed by atoms with Crippen molar-refractivity contribution in [1.29, 1.82) is 0 Å². The Kier molecular flexibility index (Phi) is 16.7. The summed E-state index contributed by atoms with van der Waals surface area (Å²) in [5.41, 5.74) is 5.61. The highest BCUT2D eigenvalue weighted by Gasteiger charge is 2.13. The minimum Gasteiger partial charge on any atom is -0.330 e. The summed E-state index contributed by atoms with van der Waals surface area (Å²) in [4.78, 5) is 11.8. The van der Waals surface area contributed by atoms with E-state index in [1.54, 1.807) is 0 Å². The van der Waals surface area contributed by atoms with E-state index in [-0.39, 0.29) is 5.92 Å². The number of hydrogen-bond acceptors (Lipinski definition) is 2. The number of hydrogen-bond donors (Lipinski definition) is 1. The maximum atomic E-state index is 11.8. The first-order chi connectivity index (χ1) is 10.8. The maximum Gasteiger partial charge on any atom is 0.137 e. The van der Waals surface area contributed by atoms with Gasteiger partial charge >= 0.3 is 0 Å². The average Bonchev–Trinajstić information content (AvgIpc) is 2.53. The number of carbonyl (C=O) groups is 1. The van der Waals surface area contributed by atoms with Crippen LogP contribution in [0, 0.1) is 5.92 Å². The van der Waals surface area contributed by atoms with Crippen LogP contribution in [-0.2, 0) is 4.79 Å². The smallest absolute Gasteiger partial charge is 0.137 e. The van der Waals surface area contributed by atoms with Crippen LogP contribution in [0.2, 0.25) is 0 Å². The van der Waals surface area contributed by atoms with Crippen LogP contribution in [0.4, 0.5) is 0 Å². The number of carbonyl (C=O) groups excluding carboxylic acids is 1. The zero-order valence-electron chi connectivity index (χ0n) is 15.4. The van der Waals surface area contributed by atoms with Crippen molar-refractivity contribution < 1.29 is 4.79 Å². The molecule has 0 aromatic rings. The van der Waals surface area contributed by atoms with Gasteiger partial charge in [0.2, 0.25) is 0 Å². The number of rotatable bonds is 17. The minimum absolute atomic E-state index is 0.109. The SMILES string of the molecule is CCCCCCCCCCCCCCCC(=O)C(CC)CN. The molecule has 1 unspecified atom stereocenters. The summed E-state index contributed by atoms with van der Waals surface area (Å²) in [6.07, 6.45) is 19.2. The van der Waals surface area contributed by atoms with Crippen LogP contribution in [0.15, 0.2) is 0 Å². The van der Waals surface area contributed by atoms with E-state index < -0.39 is 0 Å². The molecule has 0 aliphatic heterocycles. The summed E-state index contributed by atoms with van der Waals surface area (Å²) in [7, 11) is 0. The molecule has 0 spiro atoms. The molecular formula is C20H41NO. The summed E-state index contributed by atoms with van der Waals surface area (Å²) in [5, 5.41) is 0. The molecule has 0 aliphatic carbocycles. The second-order valence-corrected chi connectivity index (χ2v) is 6.80. The lowest BCUT2D eigenvalue weighted by atomic mass is 9.96. The molecule has 132 valence electrons. The first-order valence-corrected chi connectivity index (χ1v) is 9.99. The van der Waals surface area contributed by atoms with E-state index in [4.69, 9.17) is 5.73 Å². The van der Waals surface area contributed by atoms with Crippen LogP contribution < -0.4 is 5.73 Å². The number of nitrogens with two attached hydrogens (primary N) is 1. The van der Waals surface area contributed by atoms with Gasteiger partial charge in [0, 0.05) is 18.9 Å². The Hall–Kier alpha value is -0.370. The third kappa shape index (κ3) is 13.3. The van der Waals surface area contributed by atoms with E-state index in [9.17, 15) is 4.79 Å². The van der Waals surface area contributed by atoms with Gasteiger partial charge in [-0.05, 0) is 12.8 Å². The fraction of sp³-hybridized carbons (Fsp3) is 0.950. The predicted octanol–water partition coefficient (Wildman–Crippen LogP) is 6.02. The summed E-state index contributed by atoms with van der Waals surface area (Å²) >= 11 is 0. The zero-order valence-corrected chi connectivity index (χ0v) is 15.4. The molecule has 0 aromatic heterocycles. The molecule has 0 aromatic carbocycles.